The van der Waals surface area contributed by atoms with Crippen molar-refractivity contribution in [1.82, 2.24) is 25.1 Å². The fourth-order valence-electron chi connectivity index (χ4n) is 6.55. The molecule has 10 heteroatoms. The number of hydrogen-bond donors (Lipinski definition) is 1. The summed E-state index contributed by atoms with van der Waals surface area (Å²) in [7, 11) is 0. The number of carbonyl (C=O) groups excluding carboxylic acids is 2. The number of rotatable bonds is 7. The van der Waals surface area contributed by atoms with E-state index in [9.17, 15) is 23.6 Å². The Hall–Kier alpha value is -3.45. The Balaban J connectivity index is 1.20. The van der Waals surface area contributed by atoms with Crippen LogP contribution in [0.4, 0.5) is 8.78 Å². The van der Waals surface area contributed by atoms with Crippen LogP contribution in [0.5, 0.6) is 0 Å². The molecule has 3 atom stereocenters. The Morgan fingerprint density at radius 1 is 1.10 bits per heavy atom. The molecule has 1 aromatic heterocycles. The van der Waals surface area contributed by atoms with Crippen LogP contribution in [0, 0.1) is 42.9 Å². The molecule has 2 amide bonds. The lowest BCUT2D eigenvalue weighted by molar-refractivity contribution is -0.130. The van der Waals surface area contributed by atoms with E-state index in [1.165, 1.54) is 6.33 Å². The van der Waals surface area contributed by atoms with E-state index in [4.69, 9.17) is 0 Å². The number of benzene rings is 1. The second-order valence-corrected chi connectivity index (χ2v) is 11.6. The fraction of sp³-hybridized carbons (Fsp3) is 0.567. The van der Waals surface area contributed by atoms with E-state index in [1.807, 2.05) is 24.8 Å². The zero-order chi connectivity index (χ0) is 28.4. The van der Waals surface area contributed by atoms with Gasteiger partial charge in [0.25, 0.3) is 5.91 Å². The van der Waals surface area contributed by atoms with Gasteiger partial charge < -0.3 is 15.1 Å². The molecular weight excluding hydrogens is 514 g/mol. The number of aryl methyl sites for hydroxylation is 2. The number of alkyl halides is 2. The summed E-state index contributed by atoms with van der Waals surface area (Å²) in [6, 6.07) is 9.07. The Bertz CT molecular complexity index is 1270. The highest BCUT2D eigenvalue weighted by atomic mass is 19.3. The molecule has 2 saturated heterocycles. The van der Waals surface area contributed by atoms with Crippen molar-refractivity contribution < 1.29 is 18.4 Å². The molecule has 2 aromatic rings. The topological polar surface area (TPSA) is 102 Å². The SMILES string of the molecule is Cc1ncnc(C)c1C(=O)N1CC2CN(CCC(NC(=O)C3CCC(F)(F)CC3)c3cccc(C#N)c3)C[C@H]2C1. The number of halogens is 2. The number of hydrogen-bond acceptors (Lipinski definition) is 6. The van der Waals surface area contributed by atoms with E-state index >= 15 is 0 Å². The van der Waals surface area contributed by atoms with Gasteiger partial charge in [-0.15, -0.1) is 0 Å². The van der Waals surface area contributed by atoms with Crippen molar-refractivity contribution >= 4 is 11.8 Å². The molecule has 212 valence electrons. The van der Waals surface area contributed by atoms with Crippen LogP contribution in [0.25, 0.3) is 0 Å². The van der Waals surface area contributed by atoms with E-state index in [1.54, 1.807) is 18.2 Å². The maximum absolute atomic E-state index is 13.6. The van der Waals surface area contributed by atoms with Crippen molar-refractivity contribution in [3.05, 3.63) is 58.7 Å². The highest BCUT2D eigenvalue weighted by molar-refractivity contribution is 5.96. The molecule has 1 N–H and O–H groups in total. The lowest BCUT2D eigenvalue weighted by atomic mass is 9.86. The lowest BCUT2D eigenvalue weighted by Crippen LogP contribution is -2.39. The first-order valence-electron chi connectivity index (χ1n) is 14.1. The smallest absolute Gasteiger partial charge is 0.257 e. The normalized spacial score (nSPS) is 23.4. The van der Waals surface area contributed by atoms with Gasteiger partial charge in [-0.05, 0) is 62.6 Å². The third kappa shape index (κ3) is 6.15. The number of likely N-dealkylation sites (tertiary alicyclic amines) is 2. The maximum atomic E-state index is 13.6. The van der Waals surface area contributed by atoms with Crippen molar-refractivity contribution in [3.8, 4) is 6.07 Å². The van der Waals surface area contributed by atoms with Gasteiger partial charge in [0.1, 0.15) is 6.33 Å². The number of fused-ring (bicyclic) bond motifs is 1. The molecule has 8 nitrogen and oxygen atoms in total. The van der Waals surface area contributed by atoms with E-state index in [2.05, 4.69) is 26.3 Å². The van der Waals surface area contributed by atoms with E-state index in [0.717, 1.165) is 25.2 Å². The first-order valence-corrected chi connectivity index (χ1v) is 14.1. The first kappa shape index (κ1) is 28.1. The molecule has 40 heavy (non-hydrogen) atoms. The summed E-state index contributed by atoms with van der Waals surface area (Å²) in [5, 5.41) is 12.5. The summed E-state index contributed by atoms with van der Waals surface area (Å²) in [4.78, 5) is 39.0. The van der Waals surface area contributed by atoms with Crippen molar-refractivity contribution in [3.63, 3.8) is 0 Å². The lowest BCUT2D eigenvalue weighted by Gasteiger charge is -2.30. The molecule has 2 aliphatic heterocycles. The molecule has 2 unspecified atom stereocenters. The molecule has 3 fully saturated rings. The average molecular weight is 551 g/mol. The van der Waals surface area contributed by atoms with Crippen LogP contribution >= 0.6 is 0 Å². The van der Waals surface area contributed by atoms with Crippen LogP contribution < -0.4 is 5.32 Å². The highest BCUT2D eigenvalue weighted by Crippen LogP contribution is 2.37. The Kier molecular flexibility index (Phi) is 8.13. The standard InChI is InChI=1S/C30H36F2N6O2/c1-19-27(20(2)35-18-34-19)29(40)38-16-24-14-37(15-25(24)17-38)11-8-26(23-5-3-4-21(12-23)13-33)36-28(39)22-6-9-30(31,32)10-7-22/h3-5,12,18,22,24-26H,6-11,14-17H2,1-2H3,(H,36,39)/t24-,25?,26?/m0/s1. The molecule has 5 rings (SSSR count). The third-order valence-electron chi connectivity index (χ3n) is 8.85. The summed E-state index contributed by atoms with van der Waals surface area (Å²) >= 11 is 0. The summed E-state index contributed by atoms with van der Waals surface area (Å²) in [6.45, 7) is 7.56. The van der Waals surface area contributed by atoms with E-state index in [-0.39, 0.29) is 43.5 Å². The minimum absolute atomic E-state index is 0.00261. The van der Waals surface area contributed by atoms with Gasteiger partial charge >= 0.3 is 0 Å². The average Bonchev–Trinajstić information content (AvgIpc) is 3.50. The summed E-state index contributed by atoms with van der Waals surface area (Å²) < 4.78 is 27.3. The van der Waals surface area contributed by atoms with Crippen molar-refractivity contribution in [2.75, 3.05) is 32.7 Å². The van der Waals surface area contributed by atoms with Gasteiger partial charge in [-0.25, -0.2) is 18.7 Å². The third-order valence-corrected chi connectivity index (χ3v) is 8.85. The van der Waals surface area contributed by atoms with Crippen LogP contribution in [0.2, 0.25) is 0 Å². The zero-order valence-corrected chi connectivity index (χ0v) is 23.1. The molecule has 3 aliphatic rings. The first-order chi connectivity index (χ1) is 19.1. The van der Waals surface area contributed by atoms with Gasteiger partial charge in [0.15, 0.2) is 0 Å². The molecule has 1 saturated carbocycles. The monoisotopic (exact) mass is 550 g/mol. The Morgan fingerprint density at radius 2 is 1.75 bits per heavy atom. The van der Waals surface area contributed by atoms with Crippen LogP contribution in [0.15, 0.2) is 30.6 Å². The van der Waals surface area contributed by atoms with Crippen LogP contribution in [0.3, 0.4) is 0 Å². The Labute approximate surface area is 233 Å². The summed E-state index contributed by atoms with van der Waals surface area (Å²) in [6.07, 6.45) is 1.98. The minimum Gasteiger partial charge on any atom is -0.349 e. The molecule has 0 bridgehead atoms. The second-order valence-electron chi connectivity index (χ2n) is 11.6. The second kappa shape index (κ2) is 11.6. The molecule has 1 aliphatic carbocycles. The van der Waals surface area contributed by atoms with E-state index in [0.29, 0.717) is 53.9 Å². The number of amides is 2. The minimum atomic E-state index is -2.68. The van der Waals surface area contributed by atoms with Crippen molar-refractivity contribution in [1.29, 1.82) is 5.26 Å². The molecule has 0 spiro atoms. The molecule has 1 aromatic carbocycles. The predicted molar refractivity (Wildman–Crippen MR) is 144 cm³/mol. The van der Waals surface area contributed by atoms with Crippen molar-refractivity contribution in [2.24, 2.45) is 17.8 Å². The largest absolute Gasteiger partial charge is 0.349 e. The van der Waals surface area contributed by atoms with Crippen LogP contribution in [0.1, 0.15) is 71.0 Å². The molecule has 0 radical (unpaired) electrons. The van der Waals surface area contributed by atoms with E-state index < -0.39 is 11.8 Å². The highest BCUT2D eigenvalue weighted by Gasteiger charge is 2.42. The molecule has 3 heterocycles. The number of nitriles is 1. The van der Waals surface area contributed by atoms with Gasteiger partial charge in [-0.1, -0.05) is 12.1 Å². The summed E-state index contributed by atoms with van der Waals surface area (Å²) in [5.74, 6) is -2.53. The fourth-order valence-corrected chi connectivity index (χ4v) is 6.55. The van der Waals surface area contributed by atoms with Gasteiger partial charge in [0, 0.05) is 51.5 Å². The van der Waals surface area contributed by atoms with Crippen LogP contribution in [-0.2, 0) is 4.79 Å². The Morgan fingerprint density at radius 3 is 2.38 bits per heavy atom. The van der Waals surface area contributed by atoms with Gasteiger partial charge in [0.05, 0.1) is 34.6 Å². The number of nitrogens with one attached hydrogen (secondary N) is 1. The number of aromatic nitrogens is 2. The van der Waals surface area contributed by atoms with Gasteiger partial charge in [-0.3, -0.25) is 9.59 Å². The predicted octanol–water partition coefficient (Wildman–Crippen LogP) is 4.04. The van der Waals surface area contributed by atoms with Gasteiger partial charge in [0.2, 0.25) is 11.8 Å². The van der Waals surface area contributed by atoms with Crippen LogP contribution in [-0.4, -0.2) is 70.2 Å². The van der Waals surface area contributed by atoms with Gasteiger partial charge in [-0.2, -0.15) is 5.26 Å². The van der Waals surface area contributed by atoms with Crippen molar-refractivity contribution in [2.45, 2.75) is 57.9 Å². The maximum Gasteiger partial charge on any atom is 0.257 e. The zero-order valence-electron chi connectivity index (χ0n) is 23.1. The number of carbonyl (C=O) groups is 2. The summed E-state index contributed by atoms with van der Waals surface area (Å²) in [5.41, 5.74) is 3.36. The number of nitrogens with zero attached hydrogens (tertiary/aromatic N) is 5. The molecular formula is C30H36F2N6O2. The quantitative estimate of drug-likeness (QED) is 0.558.